The number of rotatable bonds is 6. The lowest BCUT2D eigenvalue weighted by atomic mass is 10.1. The number of carbonyl (C=O) groups is 2. The molecule has 3 rings (SSSR count). The van der Waals surface area contributed by atoms with Crippen LogP contribution in [-0.2, 0) is 0 Å². The first-order valence-corrected chi connectivity index (χ1v) is 9.48. The number of nitrogens with zero attached hydrogens (tertiary/aromatic N) is 1. The van der Waals surface area contributed by atoms with Gasteiger partial charge in [0, 0.05) is 36.6 Å². The maximum atomic E-state index is 12.6. The molecule has 3 aromatic rings. The molecular formula is C24H25N3O2. The number of amides is 2. The number of carbonyl (C=O) groups excluding carboxylic acids is 2. The maximum absolute atomic E-state index is 12.6. The molecule has 3 aromatic carbocycles. The molecular weight excluding hydrogens is 362 g/mol. The van der Waals surface area contributed by atoms with E-state index in [0.717, 1.165) is 11.3 Å². The lowest BCUT2D eigenvalue weighted by Crippen LogP contribution is -2.26. The van der Waals surface area contributed by atoms with Crippen molar-refractivity contribution in [2.45, 2.75) is 13.0 Å². The van der Waals surface area contributed by atoms with Crippen LogP contribution in [0, 0.1) is 0 Å². The average molecular weight is 387 g/mol. The Bertz CT molecular complexity index is 983. The minimum atomic E-state index is -0.204. The minimum absolute atomic E-state index is 0.137. The second kappa shape index (κ2) is 9.06. The molecule has 5 heteroatoms. The van der Waals surface area contributed by atoms with Crippen LogP contribution in [0.3, 0.4) is 0 Å². The van der Waals surface area contributed by atoms with Gasteiger partial charge in [0.15, 0.2) is 0 Å². The minimum Gasteiger partial charge on any atom is -0.378 e. The molecule has 0 aromatic heterocycles. The molecule has 2 amide bonds. The van der Waals surface area contributed by atoms with Gasteiger partial charge in [-0.25, -0.2) is 0 Å². The van der Waals surface area contributed by atoms with Crippen molar-refractivity contribution in [1.29, 1.82) is 0 Å². The van der Waals surface area contributed by atoms with Crippen molar-refractivity contribution in [2.24, 2.45) is 0 Å². The second-order valence-corrected chi connectivity index (χ2v) is 7.08. The van der Waals surface area contributed by atoms with E-state index in [1.54, 1.807) is 12.1 Å². The van der Waals surface area contributed by atoms with E-state index in [1.807, 2.05) is 92.6 Å². The summed E-state index contributed by atoms with van der Waals surface area (Å²) in [6, 6.07) is 23.8. The van der Waals surface area contributed by atoms with Crippen LogP contribution < -0.4 is 15.5 Å². The molecule has 0 bridgehead atoms. The Kier molecular flexibility index (Phi) is 6.29. The van der Waals surface area contributed by atoms with Gasteiger partial charge in [-0.15, -0.1) is 0 Å². The Hall–Kier alpha value is -3.60. The summed E-state index contributed by atoms with van der Waals surface area (Å²) in [5.41, 5.74) is 3.84. The first-order chi connectivity index (χ1) is 13.9. The average Bonchev–Trinajstić information content (AvgIpc) is 2.74. The van der Waals surface area contributed by atoms with Gasteiger partial charge in [0.25, 0.3) is 11.8 Å². The zero-order chi connectivity index (χ0) is 20.8. The lowest BCUT2D eigenvalue weighted by molar-refractivity contribution is 0.0939. The van der Waals surface area contributed by atoms with Crippen LogP contribution in [-0.4, -0.2) is 25.9 Å². The quantitative estimate of drug-likeness (QED) is 0.655. The largest absolute Gasteiger partial charge is 0.378 e. The summed E-state index contributed by atoms with van der Waals surface area (Å²) < 4.78 is 0. The summed E-state index contributed by atoms with van der Waals surface area (Å²) in [6.45, 7) is 1.92. The van der Waals surface area contributed by atoms with Crippen LogP contribution in [0.2, 0.25) is 0 Å². The highest BCUT2D eigenvalue weighted by molar-refractivity contribution is 6.04. The Labute approximate surface area is 171 Å². The Morgan fingerprint density at radius 2 is 1.45 bits per heavy atom. The van der Waals surface area contributed by atoms with Gasteiger partial charge in [-0.05, 0) is 61.0 Å². The van der Waals surface area contributed by atoms with Gasteiger partial charge in [0.2, 0.25) is 0 Å². The fraction of sp³-hybridized carbons (Fsp3) is 0.167. The standard InChI is InChI=1S/C24H25N3O2/c1-17(25-23(28)19-12-14-22(15-13-19)27(2)3)20-10-7-11-21(16-20)26-24(29)18-8-5-4-6-9-18/h4-17H,1-3H3,(H,25,28)(H,26,29). The molecule has 0 saturated carbocycles. The number of anilines is 2. The molecule has 29 heavy (non-hydrogen) atoms. The fourth-order valence-electron chi connectivity index (χ4n) is 2.95. The summed E-state index contributed by atoms with van der Waals surface area (Å²) in [4.78, 5) is 26.9. The van der Waals surface area contributed by atoms with Crippen LogP contribution >= 0.6 is 0 Å². The zero-order valence-electron chi connectivity index (χ0n) is 16.8. The topological polar surface area (TPSA) is 61.4 Å². The van der Waals surface area contributed by atoms with E-state index in [-0.39, 0.29) is 17.9 Å². The highest BCUT2D eigenvalue weighted by atomic mass is 16.2. The first-order valence-electron chi connectivity index (χ1n) is 9.48. The summed E-state index contributed by atoms with van der Waals surface area (Å²) in [7, 11) is 3.92. The van der Waals surface area contributed by atoms with Crippen LogP contribution in [0.4, 0.5) is 11.4 Å². The number of benzene rings is 3. The predicted octanol–water partition coefficient (Wildman–Crippen LogP) is 4.50. The Morgan fingerprint density at radius 1 is 0.793 bits per heavy atom. The molecule has 0 radical (unpaired) electrons. The van der Waals surface area contributed by atoms with Crippen molar-refractivity contribution in [1.82, 2.24) is 5.32 Å². The van der Waals surface area contributed by atoms with Crippen molar-refractivity contribution in [3.63, 3.8) is 0 Å². The summed E-state index contributed by atoms with van der Waals surface area (Å²) in [5.74, 6) is -0.304. The normalized spacial score (nSPS) is 11.4. The van der Waals surface area contributed by atoms with E-state index < -0.39 is 0 Å². The molecule has 1 unspecified atom stereocenters. The SMILES string of the molecule is CC(NC(=O)c1ccc(N(C)C)cc1)c1cccc(NC(=O)c2ccccc2)c1. The van der Waals surface area contributed by atoms with Crippen molar-refractivity contribution in [3.8, 4) is 0 Å². The molecule has 0 fully saturated rings. The van der Waals surface area contributed by atoms with Crippen molar-refractivity contribution in [3.05, 3.63) is 95.6 Å². The summed E-state index contributed by atoms with van der Waals surface area (Å²) >= 11 is 0. The third kappa shape index (κ3) is 5.23. The van der Waals surface area contributed by atoms with E-state index >= 15 is 0 Å². The zero-order valence-corrected chi connectivity index (χ0v) is 16.8. The molecule has 148 valence electrons. The first kappa shape index (κ1) is 20.1. The monoisotopic (exact) mass is 387 g/mol. The third-order valence-corrected chi connectivity index (χ3v) is 4.67. The van der Waals surface area contributed by atoms with E-state index in [4.69, 9.17) is 0 Å². The predicted molar refractivity (Wildman–Crippen MR) is 117 cm³/mol. The van der Waals surface area contributed by atoms with Crippen molar-refractivity contribution < 1.29 is 9.59 Å². The molecule has 5 nitrogen and oxygen atoms in total. The summed E-state index contributed by atoms with van der Waals surface area (Å²) in [5, 5.41) is 5.91. The highest BCUT2D eigenvalue weighted by Crippen LogP contribution is 2.19. The van der Waals surface area contributed by atoms with Gasteiger partial charge >= 0.3 is 0 Å². The van der Waals surface area contributed by atoms with Gasteiger partial charge in [0.1, 0.15) is 0 Å². The van der Waals surface area contributed by atoms with Gasteiger partial charge in [-0.1, -0.05) is 30.3 Å². The van der Waals surface area contributed by atoms with Crippen LogP contribution in [0.25, 0.3) is 0 Å². The molecule has 0 saturated heterocycles. The van der Waals surface area contributed by atoms with Gasteiger partial charge in [-0.2, -0.15) is 0 Å². The maximum Gasteiger partial charge on any atom is 0.255 e. The van der Waals surface area contributed by atoms with Crippen molar-refractivity contribution in [2.75, 3.05) is 24.3 Å². The Morgan fingerprint density at radius 3 is 2.10 bits per heavy atom. The lowest BCUT2D eigenvalue weighted by Gasteiger charge is -2.17. The smallest absolute Gasteiger partial charge is 0.255 e. The van der Waals surface area contributed by atoms with Gasteiger partial charge < -0.3 is 15.5 Å². The van der Waals surface area contributed by atoms with Crippen LogP contribution in [0.15, 0.2) is 78.9 Å². The van der Waals surface area contributed by atoms with E-state index in [2.05, 4.69) is 10.6 Å². The summed E-state index contributed by atoms with van der Waals surface area (Å²) in [6.07, 6.45) is 0. The molecule has 1 atom stereocenters. The van der Waals surface area contributed by atoms with Gasteiger partial charge in [0.05, 0.1) is 6.04 Å². The third-order valence-electron chi connectivity index (χ3n) is 4.67. The van der Waals surface area contributed by atoms with E-state index in [0.29, 0.717) is 16.8 Å². The molecule has 0 aliphatic rings. The Balaban J connectivity index is 1.66. The molecule has 0 spiro atoms. The van der Waals surface area contributed by atoms with Crippen molar-refractivity contribution >= 4 is 23.2 Å². The highest BCUT2D eigenvalue weighted by Gasteiger charge is 2.13. The van der Waals surface area contributed by atoms with E-state index in [1.165, 1.54) is 0 Å². The van der Waals surface area contributed by atoms with E-state index in [9.17, 15) is 9.59 Å². The molecule has 2 N–H and O–H groups in total. The number of nitrogens with one attached hydrogen (secondary N) is 2. The second-order valence-electron chi connectivity index (χ2n) is 7.08. The van der Waals surface area contributed by atoms with Gasteiger partial charge in [-0.3, -0.25) is 9.59 Å². The van der Waals surface area contributed by atoms with Crippen LogP contribution in [0.1, 0.15) is 39.2 Å². The fourth-order valence-corrected chi connectivity index (χ4v) is 2.95. The number of hydrogen-bond acceptors (Lipinski definition) is 3. The van der Waals surface area contributed by atoms with Crippen LogP contribution in [0.5, 0.6) is 0 Å². The molecule has 0 heterocycles. The number of hydrogen-bond donors (Lipinski definition) is 2. The molecule has 0 aliphatic heterocycles. The molecule has 0 aliphatic carbocycles.